The molecule has 2 N–H and O–H groups in total. The minimum Gasteiger partial charge on any atom is -0.756 e. The van der Waals surface area contributed by atoms with Crippen molar-refractivity contribution in [3.05, 3.63) is 48.6 Å². The van der Waals surface area contributed by atoms with Gasteiger partial charge in [-0.25, -0.2) is 0 Å². The molecule has 0 aliphatic heterocycles. The second-order valence-electron chi connectivity index (χ2n) is 26.3. The molecule has 83 heavy (non-hydrogen) atoms. The summed E-state index contributed by atoms with van der Waals surface area (Å²) >= 11 is 0. The summed E-state index contributed by atoms with van der Waals surface area (Å²) in [4.78, 5) is 25.6. The Kier molecular flexibility index (Phi) is 63.7. The fraction of sp³-hybridized carbons (Fsp3) is 0.878. The van der Waals surface area contributed by atoms with Crippen molar-refractivity contribution in [1.82, 2.24) is 5.32 Å². The first kappa shape index (κ1) is 81.5. The summed E-state index contributed by atoms with van der Waals surface area (Å²) in [7, 11) is 1.25. The van der Waals surface area contributed by atoms with E-state index in [1.165, 1.54) is 302 Å². The first-order valence-corrected chi connectivity index (χ1v) is 38.0. The number of carbonyl (C=O) groups is 1. The topological polar surface area (TPSA) is 108 Å². The van der Waals surface area contributed by atoms with Crippen LogP contribution in [0.1, 0.15) is 367 Å². The van der Waals surface area contributed by atoms with Crippen molar-refractivity contribution in [2.24, 2.45) is 0 Å². The van der Waals surface area contributed by atoms with Gasteiger partial charge in [-0.1, -0.05) is 339 Å². The number of phosphoric ester groups is 1. The predicted octanol–water partition coefficient (Wildman–Crippen LogP) is 22.8. The zero-order valence-electron chi connectivity index (χ0n) is 56.2. The van der Waals surface area contributed by atoms with E-state index in [1.807, 2.05) is 27.2 Å². The number of quaternary nitrogens is 1. The lowest BCUT2D eigenvalue weighted by Crippen LogP contribution is -2.45. The normalized spacial score (nSPS) is 13.9. The Hall–Kier alpha value is -1.54. The minimum absolute atomic E-state index is 0.00782. The van der Waals surface area contributed by atoms with E-state index < -0.39 is 26.6 Å². The molecule has 8 nitrogen and oxygen atoms in total. The Bertz CT molecular complexity index is 1490. The van der Waals surface area contributed by atoms with Crippen molar-refractivity contribution >= 4 is 13.7 Å². The summed E-state index contributed by atoms with van der Waals surface area (Å²) in [6.07, 6.45) is 88.3. The molecule has 0 saturated carbocycles. The number of hydrogen-bond donors (Lipinski definition) is 2. The fourth-order valence-corrected chi connectivity index (χ4v) is 11.8. The van der Waals surface area contributed by atoms with Crippen molar-refractivity contribution < 1.29 is 32.9 Å². The van der Waals surface area contributed by atoms with Gasteiger partial charge in [0.1, 0.15) is 13.2 Å². The Labute approximate surface area is 518 Å². The molecular weight excluding hydrogens is 1040 g/mol. The van der Waals surface area contributed by atoms with Crippen LogP contribution in [0.4, 0.5) is 0 Å². The number of aliphatic hydroxyl groups excluding tert-OH is 1. The number of nitrogens with zero attached hydrogens (tertiary/aromatic N) is 1. The van der Waals surface area contributed by atoms with Gasteiger partial charge in [0.25, 0.3) is 7.82 Å². The van der Waals surface area contributed by atoms with Crippen LogP contribution in [0.25, 0.3) is 0 Å². The van der Waals surface area contributed by atoms with E-state index in [2.05, 4.69) is 55.6 Å². The van der Waals surface area contributed by atoms with Crippen LogP contribution in [0.3, 0.4) is 0 Å². The number of nitrogens with one attached hydrogen (secondary N) is 1. The number of amides is 1. The van der Waals surface area contributed by atoms with E-state index in [0.717, 1.165) is 44.9 Å². The lowest BCUT2D eigenvalue weighted by atomic mass is 10.0. The summed E-state index contributed by atoms with van der Waals surface area (Å²) in [5.41, 5.74) is 0. The van der Waals surface area contributed by atoms with Crippen molar-refractivity contribution in [2.45, 2.75) is 379 Å². The largest absolute Gasteiger partial charge is 0.756 e. The van der Waals surface area contributed by atoms with Gasteiger partial charge in [-0.3, -0.25) is 9.36 Å². The average molecular weight is 1190 g/mol. The molecule has 9 heteroatoms. The van der Waals surface area contributed by atoms with Gasteiger partial charge in [0.2, 0.25) is 5.91 Å². The van der Waals surface area contributed by atoms with E-state index in [1.54, 1.807) is 6.08 Å². The molecule has 0 aromatic carbocycles. The fourth-order valence-electron chi connectivity index (χ4n) is 11.1. The van der Waals surface area contributed by atoms with E-state index in [-0.39, 0.29) is 12.5 Å². The quantitative estimate of drug-likeness (QED) is 0.0272. The van der Waals surface area contributed by atoms with Crippen LogP contribution in [-0.4, -0.2) is 68.5 Å². The SMILES string of the molecule is CCCCCCCCCC/C=C\CCCCCCCCCCCCCCCCCCCCCCCCCCCC(=O)NC(COP(=O)([O-])OCC[N+](C)(C)C)C(O)/C=C/CC/C=C/CC/C=C/CCCCCCCCCCCCCCCC. The molecule has 0 rings (SSSR count). The zero-order valence-corrected chi connectivity index (χ0v) is 57.1. The first-order valence-electron chi connectivity index (χ1n) is 36.5. The third-order valence-electron chi connectivity index (χ3n) is 16.7. The second-order valence-corrected chi connectivity index (χ2v) is 27.7. The molecule has 0 aliphatic carbocycles. The number of likely N-dealkylation sites (N-methyl/N-ethyl adjacent to an activating group) is 1. The number of carbonyl (C=O) groups excluding carboxylic acids is 1. The Morgan fingerprint density at radius 3 is 0.976 bits per heavy atom. The monoisotopic (exact) mass is 1190 g/mol. The highest BCUT2D eigenvalue weighted by atomic mass is 31.2. The van der Waals surface area contributed by atoms with E-state index >= 15 is 0 Å². The number of unbranched alkanes of at least 4 members (excludes halogenated alkanes) is 49. The molecule has 0 bridgehead atoms. The van der Waals surface area contributed by atoms with Gasteiger partial charge in [-0.2, -0.15) is 0 Å². The van der Waals surface area contributed by atoms with Gasteiger partial charge < -0.3 is 28.8 Å². The number of aliphatic hydroxyl groups is 1. The molecule has 0 aromatic heterocycles. The van der Waals surface area contributed by atoms with Gasteiger partial charge in [0.05, 0.1) is 39.9 Å². The van der Waals surface area contributed by atoms with E-state index in [4.69, 9.17) is 9.05 Å². The van der Waals surface area contributed by atoms with Crippen LogP contribution < -0.4 is 10.2 Å². The smallest absolute Gasteiger partial charge is 0.268 e. The molecule has 0 radical (unpaired) electrons. The molecule has 0 aromatic rings. The molecule has 3 unspecified atom stereocenters. The lowest BCUT2D eigenvalue weighted by molar-refractivity contribution is -0.870. The molecule has 0 aliphatic rings. The first-order chi connectivity index (χ1) is 40.5. The summed E-state index contributed by atoms with van der Waals surface area (Å²) in [6, 6.07) is -0.911. The third-order valence-corrected chi connectivity index (χ3v) is 17.7. The zero-order chi connectivity index (χ0) is 60.5. The molecule has 0 fully saturated rings. The molecule has 0 saturated heterocycles. The highest BCUT2D eigenvalue weighted by Gasteiger charge is 2.23. The average Bonchev–Trinajstić information content (AvgIpc) is 3.50. The predicted molar refractivity (Wildman–Crippen MR) is 362 cm³/mol. The molecule has 1 amide bonds. The summed E-state index contributed by atoms with van der Waals surface area (Å²) < 4.78 is 23.4. The van der Waals surface area contributed by atoms with Gasteiger partial charge >= 0.3 is 0 Å². The Balaban J connectivity index is 4.01. The van der Waals surface area contributed by atoms with Crippen LogP contribution in [0.5, 0.6) is 0 Å². The van der Waals surface area contributed by atoms with Crippen molar-refractivity contribution in [3.8, 4) is 0 Å². The summed E-state index contributed by atoms with van der Waals surface area (Å²) in [6.45, 7) is 4.67. The van der Waals surface area contributed by atoms with Crippen LogP contribution in [0, 0.1) is 0 Å². The van der Waals surface area contributed by atoms with Crippen LogP contribution in [0.2, 0.25) is 0 Å². The van der Waals surface area contributed by atoms with E-state index in [9.17, 15) is 19.4 Å². The third kappa shape index (κ3) is 67.8. The van der Waals surface area contributed by atoms with Gasteiger partial charge in [-0.15, -0.1) is 0 Å². The van der Waals surface area contributed by atoms with Crippen molar-refractivity contribution in [3.63, 3.8) is 0 Å². The van der Waals surface area contributed by atoms with Gasteiger partial charge in [-0.05, 0) is 70.6 Å². The lowest BCUT2D eigenvalue weighted by Gasteiger charge is -2.29. The van der Waals surface area contributed by atoms with Crippen LogP contribution >= 0.6 is 7.82 Å². The molecule has 0 heterocycles. The second kappa shape index (κ2) is 64.9. The summed E-state index contributed by atoms with van der Waals surface area (Å²) in [5.74, 6) is -0.204. The Morgan fingerprint density at radius 1 is 0.410 bits per heavy atom. The molecule has 0 spiro atoms. The standard InChI is InChI=1S/C74H143N2O6P/c1-6-8-10-12-14-16-18-20-22-24-26-28-30-32-33-34-35-36-37-38-39-40-41-42-43-44-46-48-50-52-54-56-58-60-62-64-66-68-74(78)75-72(71-82-83(79,80)81-70-69-76(3,4)5)73(77)67-65-63-61-59-57-55-53-51-49-47-45-31-29-27-25-23-21-19-17-15-13-11-9-7-2/h24,26,49,51,57,59,65,67,72-73,77H,6-23,25,27-48,50,52-56,58,60-64,66,68-71H2,1-5H3,(H-,75,78,79,80)/b26-24-,51-49+,59-57+,67-65+. The molecule has 490 valence electrons. The molecule has 3 atom stereocenters. The number of allylic oxidation sites excluding steroid dienone is 7. The van der Waals surface area contributed by atoms with E-state index in [0.29, 0.717) is 17.4 Å². The Morgan fingerprint density at radius 2 is 0.675 bits per heavy atom. The maximum Gasteiger partial charge on any atom is 0.268 e. The van der Waals surface area contributed by atoms with Crippen LogP contribution in [0.15, 0.2) is 48.6 Å². The van der Waals surface area contributed by atoms with Crippen LogP contribution in [-0.2, 0) is 18.4 Å². The number of rotatable bonds is 68. The highest BCUT2D eigenvalue weighted by Crippen LogP contribution is 2.38. The van der Waals surface area contributed by atoms with Gasteiger partial charge in [0.15, 0.2) is 0 Å². The summed E-state index contributed by atoms with van der Waals surface area (Å²) in [5, 5.41) is 13.9. The highest BCUT2D eigenvalue weighted by molar-refractivity contribution is 7.45. The number of phosphoric acid groups is 1. The molecular formula is C74H143N2O6P. The van der Waals surface area contributed by atoms with Crippen molar-refractivity contribution in [2.75, 3.05) is 40.9 Å². The minimum atomic E-state index is -4.62. The van der Waals surface area contributed by atoms with Crippen molar-refractivity contribution in [1.29, 1.82) is 0 Å². The maximum atomic E-state index is 13.0. The maximum absolute atomic E-state index is 13.0. The van der Waals surface area contributed by atoms with Gasteiger partial charge in [0, 0.05) is 6.42 Å². The number of hydrogen-bond acceptors (Lipinski definition) is 6.